The molecule has 3 rings (SSSR count). The number of nitrogens with one attached hydrogen (secondary N) is 1. The van der Waals surface area contributed by atoms with Crippen LogP contribution >= 0.6 is 0 Å². The van der Waals surface area contributed by atoms with Crippen LogP contribution in [0, 0.1) is 0 Å². The second kappa shape index (κ2) is 9.02. The molecule has 1 aliphatic rings. The molecule has 0 saturated heterocycles. The number of para-hydroxylation sites is 1. The van der Waals surface area contributed by atoms with Crippen molar-refractivity contribution in [3.63, 3.8) is 0 Å². The third-order valence-corrected chi connectivity index (χ3v) is 5.01. The van der Waals surface area contributed by atoms with Crippen molar-refractivity contribution in [1.82, 2.24) is 20.1 Å². The Morgan fingerprint density at radius 2 is 1.83 bits per heavy atom. The lowest BCUT2D eigenvalue weighted by Gasteiger charge is -2.29. The Hall–Kier alpha value is -2.97. The van der Waals surface area contributed by atoms with Gasteiger partial charge in [0, 0.05) is 27.2 Å². The molecule has 0 radical (unpaired) electrons. The fourth-order valence-corrected chi connectivity index (χ4v) is 3.57. The molecular weight excluding hydrogens is 374 g/mol. The van der Waals surface area contributed by atoms with E-state index in [2.05, 4.69) is 15.4 Å². The Labute approximate surface area is 171 Å². The van der Waals surface area contributed by atoms with Gasteiger partial charge in [0.2, 0.25) is 17.5 Å². The van der Waals surface area contributed by atoms with Crippen LogP contribution in [0.3, 0.4) is 0 Å². The first-order valence-corrected chi connectivity index (χ1v) is 9.69. The second-order valence-electron chi connectivity index (χ2n) is 7.31. The van der Waals surface area contributed by atoms with Crippen molar-refractivity contribution in [2.75, 3.05) is 33.2 Å². The van der Waals surface area contributed by atoms with Gasteiger partial charge in [0.1, 0.15) is 0 Å². The maximum absolute atomic E-state index is 12.5. The summed E-state index contributed by atoms with van der Waals surface area (Å²) in [6.45, 7) is 0. The molecule has 0 aliphatic heterocycles. The van der Waals surface area contributed by atoms with Crippen molar-refractivity contribution in [2.45, 2.75) is 37.8 Å². The van der Waals surface area contributed by atoms with Crippen LogP contribution in [0.2, 0.25) is 0 Å². The number of amides is 1. The minimum atomic E-state index is -0.243. The molecule has 0 unspecified atom stereocenters. The average molecular weight is 403 g/mol. The molecule has 1 aliphatic carbocycles. The van der Waals surface area contributed by atoms with Gasteiger partial charge < -0.3 is 24.4 Å². The Morgan fingerprint density at radius 3 is 2.41 bits per heavy atom. The SMILES string of the molecule is COc1cccc(OC2CCC(NC(=O)c3nc(N(C)C)n(C)n3)CC2)c1OC. The van der Waals surface area contributed by atoms with Gasteiger partial charge in [0.05, 0.1) is 20.3 Å². The van der Waals surface area contributed by atoms with Gasteiger partial charge in [0.15, 0.2) is 11.5 Å². The van der Waals surface area contributed by atoms with Crippen molar-refractivity contribution < 1.29 is 19.0 Å². The van der Waals surface area contributed by atoms with Gasteiger partial charge in [-0.05, 0) is 37.8 Å². The first-order valence-electron chi connectivity index (χ1n) is 9.69. The standard InChI is InChI=1S/C20H29N5O4/c1-24(2)20-22-18(23-25(20)3)19(26)21-13-9-11-14(12-10-13)29-16-8-6-7-15(27-4)17(16)28-5/h6-8,13-14H,9-12H2,1-5H3,(H,21,26). The van der Waals surface area contributed by atoms with Crippen molar-refractivity contribution >= 4 is 11.9 Å². The number of carbonyl (C=O) groups excluding carboxylic acids is 1. The van der Waals surface area contributed by atoms with E-state index in [0.717, 1.165) is 25.7 Å². The van der Waals surface area contributed by atoms with E-state index in [9.17, 15) is 4.79 Å². The maximum Gasteiger partial charge on any atom is 0.291 e. The number of hydrogen-bond acceptors (Lipinski definition) is 7. The Balaban J connectivity index is 1.55. The topological polar surface area (TPSA) is 90.7 Å². The summed E-state index contributed by atoms with van der Waals surface area (Å²) in [5.41, 5.74) is 0. The number of hydrogen-bond donors (Lipinski definition) is 1. The van der Waals surface area contributed by atoms with E-state index in [0.29, 0.717) is 23.2 Å². The van der Waals surface area contributed by atoms with Crippen LogP contribution in [0.4, 0.5) is 5.95 Å². The molecule has 1 saturated carbocycles. The van der Waals surface area contributed by atoms with Crippen LogP contribution in [-0.2, 0) is 7.05 Å². The molecule has 1 aromatic carbocycles. The molecule has 0 spiro atoms. The fourth-order valence-electron chi connectivity index (χ4n) is 3.57. The van der Waals surface area contributed by atoms with Crippen molar-refractivity contribution in [3.8, 4) is 17.2 Å². The molecule has 0 bridgehead atoms. The summed E-state index contributed by atoms with van der Waals surface area (Å²) in [6, 6.07) is 5.68. The summed E-state index contributed by atoms with van der Waals surface area (Å²) in [5.74, 6) is 2.50. The van der Waals surface area contributed by atoms with E-state index in [1.54, 1.807) is 25.9 Å². The Morgan fingerprint density at radius 1 is 1.14 bits per heavy atom. The van der Waals surface area contributed by atoms with Crippen molar-refractivity contribution in [3.05, 3.63) is 24.0 Å². The van der Waals surface area contributed by atoms with E-state index in [4.69, 9.17) is 14.2 Å². The smallest absolute Gasteiger partial charge is 0.291 e. The van der Waals surface area contributed by atoms with E-state index in [-0.39, 0.29) is 23.9 Å². The lowest BCUT2D eigenvalue weighted by atomic mass is 9.93. The molecule has 2 aromatic rings. The molecule has 1 amide bonds. The van der Waals surface area contributed by atoms with Crippen LogP contribution in [0.5, 0.6) is 17.2 Å². The zero-order chi connectivity index (χ0) is 21.0. The molecule has 9 heteroatoms. The van der Waals surface area contributed by atoms with E-state index < -0.39 is 0 Å². The lowest BCUT2D eigenvalue weighted by molar-refractivity contribution is 0.0881. The van der Waals surface area contributed by atoms with Crippen molar-refractivity contribution in [2.24, 2.45) is 7.05 Å². The number of ether oxygens (including phenoxy) is 3. The van der Waals surface area contributed by atoms with Gasteiger partial charge in [-0.1, -0.05) is 6.07 Å². The van der Waals surface area contributed by atoms with Gasteiger partial charge in [-0.2, -0.15) is 4.98 Å². The minimum Gasteiger partial charge on any atom is -0.493 e. The van der Waals surface area contributed by atoms with Crippen molar-refractivity contribution in [1.29, 1.82) is 0 Å². The van der Waals surface area contributed by atoms with E-state index in [1.807, 2.05) is 37.2 Å². The highest BCUT2D eigenvalue weighted by Gasteiger charge is 2.26. The monoisotopic (exact) mass is 403 g/mol. The predicted molar refractivity (Wildman–Crippen MR) is 109 cm³/mol. The highest BCUT2D eigenvalue weighted by molar-refractivity contribution is 5.90. The number of rotatable bonds is 7. The highest BCUT2D eigenvalue weighted by Crippen LogP contribution is 2.38. The molecule has 158 valence electrons. The van der Waals surface area contributed by atoms with Gasteiger partial charge >= 0.3 is 0 Å². The molecule has 0 atom stereocenters. The van der Waals surface area contributed by atoms with Crippen LogP contribution in [0.1, 0.15) is 36.3 Å². The molecule has 29 heavy (non-hydrogen) atoms. The van der Waals surface area contributed by atoms with Crippen LogP contribution in [-0.4, -0.2) is 61.1 Å². The summed E-state index contributed by atoms with van der Waals surface area (Å²) in [5, 5.41) is 7.25. The number of benzene rings is 1. The molecular formula is C20H29N5O4. The van der Waals surface area contributed by atoms with Crippen LogP contribution in [0.25, 0.3) is 0 Å². The number of methoxy groups -OCH3 is 2. The first-order chi connectivity index (χ1) is 13.9. The summed E-state index contributed by atoms with van der Waals surface area (Å²) >= 11 is 0. The highest BCUT2D eigenvalue weighted by atomic mass is 16.5. The predicted octanol–water partition coefficient (Wildman–Crippen LogP) is 2.02. The number of nitrogens with zero attached hydrogens (tertiary/aromatic N) is 4. The Kier molecular flexibility index (Phi) is 6.46. The molecule has 1 aromatic heterocycles. The minimum absolute atomic E-state index is 0.0671. The van der Waals surface area contributed by atoms with Gasteiger partial charge in [-0.25, -0.2) is 4.68 Å². The largest absolute Gasteiger partial charge is 0.493 e. The third-order valence-electron chi connectivity index (χ3n) is 5.01. The number of aryl methyl sites for hydroxylation is 1. The molecule has 1 N–H and O–H groups in total. The quantitative estimate of drug-likeness (QED) is 0.756. The van der Waals surface area contributed by atoms with Gasteiger partial charge in [0.25, 0.3) is 5.91 Å². The summed E-state index contributed by atoms with van der Waals surface area (Å²) < 4.78 is 18.5. The number of carbonyl (C=O) groups is 1. The first kappa shape index (κ1) is 20.8. The van der Waals surface area contributed by atoms with E-state index in [1.165, 1.54) is 0 Å². The summed E-state index contributed by atoms with van der Waals surface area (Å²) in [7, 11) is 8.71. The fraction of sp³-hybridized carbons (Fsp3) is 0.550. The number of anilines is 1. The maximum atomic E-state index is 12.5. The summed E-state index contributed by atoms with van der Waals surface area (Å²) in [6.07, 6.45) is 3.40. The normalized spacial score (nSPS) is 18.8. The second-order valence-corrected chi connectivity index (χ2v) is 7.31. The average Bonchev–Trinajstić information content (AvgIpc) is 3.11. The van der Waals surface area contributed by atoms with Gasteiger partial charge in [-0.15, -0.1) is 5.10 Å². The third kappa shape index (κ3) is 4.72. The number of aromatic nitrogens is 3. The lowest BCUT2D eigenvalue weighted by Crippen LogP contribution is -2.40. The molecule has 9 nitrogen and oxygen atoms in total. The van der Waals surface area contributed by atoms with Crippen LogP contribution in [0.15, 0.2) is 18.2 Å². The zero-order valence-corrected chi connectivity index (χ0v) is 17.6. The molecule has 1 heterocycles. The Bertz CT molecular complexity index is 843. The van der Waals surface area contributed by atoms with Gasteiger partial charge in [-0.3, -0.25) is 4.79 Å². The zero-order valence-electron chi connectivity index (χ0n) is 17.6. The summed E-state index contributed by atoms with van der Waals surface area (Å²) in [4.78, 5) is 18.6. The molecule has 1 fully saturated rings. The van der Waals surface area contributed by atoms with Crippen LogP contribution < -0.4 is 24.4 Å². The van der Waals surface area contributed by atoms with E-state index >= 15 is 0 Å².